The summed E-state index contributed by atoms with van der Waals surface area (Å²) in [6.45, 7) is 4.40. The van der Waals surface area contributed by atoms with E-state index in [-0.39, 0.29) is 11.5 Å². The summed E-state index contributed by atoms with van der Waals surface area (Å²) in [4.78, 5) is 16.3. The molecule has 0 bridgehead atoms. The van der Waals surface area contributed by atoms with Gasteiger partial charge in [0.15, 0.2) is 6.19 Å². The maximum Gasteiger partial charge on any atom is 0.515 e. The van der Waals surface area contributed by atoms with Crippen LogP contribution in [0.15, 0.2) is 59.6 Å². The van der Waals surface area contributed by atoms with Crippen molar-refractivity contribution in [1.82, 2.24) is 14.3 Å². The van der Waals surface area contributed by atoms with Crippen LogP contribution in [0.2, 0.25) is 0 Å². The molecule has 1 aromatic heterocycles. The molecular weight excluding hydrogens is 456 g/mol. The van der Waals surface area contributed by atoms with E-state index in [0.717, 1.165) is 30.7 Å². The molecule has 0 aliphatic carbocycles. The first kappa shape index (κ1) is 24.8. The first-order valence-electron chi connectivity index (χ1n) is 10.9. The zero-order chi connectivity index (χ0) is 24.6. The van der Waals surface area contributed by atoms with Crippen molar-refractivity contribution in [3.63, 3.8) is 0 Å². The van der Waals surface area contributed by atoms with Gasteiger partial charge in [0.1, 0.15) is 5.82 Å². The third-order valence-corrected chi connectivity index (χ3v) is 6.36. The Morgan fingerprint density at radius 3 is 2.56 bits per heavy atom. The average Bonchev–Trinajstić information content (AvgIpc) is 3.19. The van der Waals surface area contributed by atoms with Crippen LogP contribution in [0.25, 0.3) is 11.1 Å². The molecule has 0 atom stereocenters. The number of sulfonamides is 1. The van der Waals surface area contributed by atoms with Crippen LogP contribution in [0.3, 0.4) is 0 Å². The smallest absolute Gasteiger partial charge is 0.434 e. The van der Waals surface area contributed by atoms with Gasteiger partial charge in [0.05, 0.1) is 24.2 Å². The molecular formula is C24H26N4O5S. The highest BCUT2D eigenvalue weighted by Crippen LogP contribution is 2.28. The fourth-order valence-electron chi connectivity index (χ4n) is 3.44. The van der Waals surface area contributed by atoms with Crippen molar-refractivity contribution >= 4 is 16.2 Å². The number of aromatic nitrogens is 2. The topological polar surface area (TPSA) is 123 Å². The Morgan fingerprint density at radius 1 is 1.15 bits per heavy atom. The van der Waals surface area contributed by atoms with Crippen molar-refractivity contribution < 1.29 is 22.7 Å². The third kappa shape index (κ3) is 5.94. The molecule has 1 N–H and O–H groups in total. The SMILES string of the molecule is CCCCc1ncc(OC(=O)OCC)n1Cc1ccc(-c2ccccc2S(=O)(=O)NC#N)cc1. The molecule has 3 rings (SSSR count). The Balaban J connectivity index is 1.89. The zero-order valence-corrected chi connectivity index (χ0v) is 19.8. The number of hydrogen-bond acceptors (Lipinski definition) is 7. The van der Waals surface area contributed by atoms with E-state index >= 15 is 0 Å². The fourth-order valence-corrected chi connectivity index (χ4v) is 4.40. The van der Waals surface area contributed by atoms with E-state index in [1.807, 2.05) is 33.6 Å². The van der Waals surface area contributed by atoms with Gasteiger partial charge in [-0.3, -0.25) is 4.57 Å². The first-order chi connectivity index (χ1) is 16.4. The summed E-state index contributed by atoms with van der Waals surface area (Å²) in [7, 11) is -3.96. The Morgan fingerprint density at radius 2 is 1.88 bits per heavy atom. The second kappa shape index (κ2) is 11.3. The maximum atomic E-state index is 12.4. The number of hydrogen-bond donors (Lipinski definition) is 1. The van der Waals surface area contributed by atoms with Gasteiger partial charge in [0.2, 0.25) is 5.88 Å². The van der Waals surface area contributed by atoms with Crippen molar-refractivity contribution in [2.24, 2.45) is 0 Å². The van der Waals surface area contributed by atoms with Gasteiger partial charge >= 0.3 is 6.16 Å². The number of carbonyl (C=O) groups is 1. The molecule has 0 saturated heterocycles. The van der Waals surface area contributed by atoms with Crippen LogP contribution < -0.4 is 9.46 Å². The minimum atomic E-state index is -3.96. The van der Waals surface area contributed by atoms with E-state index in [2.05, 4.69) is 11.9 Å². The number of benzene rings is 2. The molecule has 178 valence electrons. The number of carbonyl (C=O) groups excluding carboxylic acids is 1. The molecule has 0 aliphatic heterocycles. The van der Waals surface area contributed by atoms with Crippen LogP contribution in [0.4, 0.5) is 4.79 Å². The molecule has 3 aromatic rings. The molecule has 0 unspecified atom stereocenters. The highest BCUT2D eigenvalue weighted by molar-refractivity contribution is 7.89. The van der Waals surface area contributed by atoms with Gasteiger partial charge in [0, 0.05) is 12.0 Å². The number of nitrogens with zero attached hydrogens (tertiary/aromatic N) is 3. The second-order valence-corrected chi connectivity index (χ2v) is 9.05. The zero-order valence-electron chi connectivity index (χ0n) is 19.0. The van der Waals surface area contributed by atoms with E-state index in [0.29, 0.717) is 23.6 Å². The summed E-state index contributed by atoms with van der Waals surface area (Å²) in [6, 6.07) is 13.8. The van der Waals surface area contributed by atoms with E-state index in [1.54, 1.807) is 25.1 Å². The van der Waals surface area contributed by atoms with Crippen LogP contribution in [0, 0.1) is 11.5 Å². The van der Waals surface area contributed by atoms with Gasteiger partial charge in [-0.1, -0.05) is 55.8 Å². The summed E-state index contributed by atoms with van der Waals surface area (Å²) >= 11 is 0. The number of ether oxygens (including phenoxy) is 2. The molecule has 2 aromatic carbocycles. The lowest BCUT2D eigenvalue weighted by atomic mass is 10.0. The largest absolute Gasteiger partial charge is 0.515 e. The van der Waals surface area contributed by atoms with Gasteiger partial charge in [-0.05, 0) is 30.5 Å². The van der Waals surface area contributed by atoms with Gasteiger partial charge in [-0.2, -0.15) is 5.26 Å². The lowest BCUT2D eigenvalue weighted by Gasteiger charge is -2.13. The first-order valence-corrected chi connectivity index (χ1v) is 12.4. The van der Waals surface area contributed by atoms with Crippen molar-refractivity contribution in [1.29, 1.82) is 5.26 Å². The summed E-state index contributed by atoms with van der Waals surface area (Å²) in [5, 5.41) is 8.78. The number of nitriles is 1. The molecule has 0 saturated carbocycles. The molecule has 9 nitrogen and oxygen atoms in total. The predicted octanol–water partition coefficient (Wildman–Crippen LogP) is 4.24. The van der Waals surface area contributed by atoms with Crippen molar-refractivity contribution in [3.05, 3.63) is 66.1 Å². The summed E-state index contributed by atoms with van der Waals surface area (Å²) in [5.41, 5.74) is 2.07. The lowest BCUT2D eigenvalue weighted by Crippen LogP contribution is -2.18. The average molecular weight is 483 g/mol. The van der Waals surface area contributed by atoms with Crippen LogP contribution >= 0.6 is 0 Å². The number of imidazole rings is 1. The molecule has 0 spiro atoms. The van der Waals surface area contributed by atoms with E-state index in [9.17, 15) is 13.2 Å². The third-order valence-electron chi connectivity index (χ3n) is 5.07. The molecule has 0 amide bonds. The van der Waals surface area contributed by atoms with Gasteiger partial charge in [-0.15, -0.1) is 0 Å². The summed E-state index contributed by atoms with van der Waals surface area (Å²) in [5.74, 6) is 1.09. The normalized spacial score (nSPS) is 11.0. The van der Waals surface area contributed by atoms with Crippen molar-refractivity contribution in [2.75, 3.05) is 6.61 Å². The Labute approximate surface area is 199 Å². The molecule has 0 fully saturated rings. The Hall–Kier alpha value is -3.84. The molecule has 0 aliphatic rings. The van der Waals surface area contributed by atoms with Crippen LogP contribution in [-0.2, 0) is 27.7 Å². The molecule has 10 heteroatoms. The highest BCUT2D eigenvalue weighted by Gasteiger charge is 2.19. The maximum absolute atomic E-state index is 12.4. The highest BCUT2D eigenvalue weighted by atomic mass is 32.2. The monoisotopic (exact) mass is 482 g/mol. The number of nitrogens with one attached hydrogen (secondary N) is 1. The summed E-state index contributed by atoms with van der Waals surface area (Å²) < 4.78 is 38.7. The predicted molar refractivity (Wildman–Crippen MR) is 125 cm³/mol. The van der Waals surface area contributed by atoms with E-state index in [4.69, 9.17) is 14.7 Å². The lowest BCUT2D eigenvalue weighted by molar-refractivity contribution is 0.101. The Kier molecular flexibility index (Phi) is 8.27. The van der Waals surface area contributed by atoms with Crippen LogP contribution in [0.5, 0.6) is 5.88 Å². The molecule has 0 radical (unpaired) electrons. The van der Waals surface area contributed by atoms with Crippen molar-refractivity contribution in [3.8, 4) is 23.2 Å². The van der Waals surface area contributed by atoms with E-state index < -0.39 is 16.2 Å². The Bertz CT molecular complexity index is 1280. The number of unbranched alkanes of at least 4 members (excludes halogenated alkanes) is 1. The minimum Gasteiger partial charge on any atom is -0.434 e. The van der Waals surface area contributed by atoms with Gasteiger partial charge in [0.25, 0.3) is 10.0 Å². The number of rotatable bonds is 10. The number of aryl methyl sites for hydroxylation is 1. The van der Waals surface area contributed by atoms with Crippen LogP contribution in [0.1, 0.15) is 38.1 Å². The quantitative estimate of drug-likeness (QED) is 0.260. The molecule has 1 heterocycles. The second-order valence-electron chi connectivity index (χ2n) is 7.40. The van der Waals surface area contributed by atoms with E-state index in [1.165, 1.54) is 18.5 Å². The standard InChI is InChI=1S/C24H26N4O5S/c1-3-5-10-22-26-15-23(33-24(29)32-4-2)28(22)16-18-11-13-19(14-12-18)20-8-6-7-9-21(20)34(30,31)27-17-25/h6-9,11-15,27H,3-5,10,16H2,1-2H3. The van der Waals surface area contributed by atoms with Gasteiger partial charge in [-0.25, -0.2) is 22.9 Å². The molecule has 34 heavy (non-hydrogen) atoms. The van der Waals surface area contributed by atoms with Crippen LogP contribution in [-0.4, -0.2) is 30.7 Å². The fraction of sp³-hybridized carbons (Fsp3) is 0.292. The van der Waals surface area contributed by atoms with Gasteiger partial charge < -0.3 is 9.47 Å². The minimum absolute atomic E-state index is 0.0193. The summed E-state index contributed by atoms with van der Waals surface area (Å²) in [6.07, 6.45) is 4.87. The van der Waals surface area contributed by atoms with Crippen molar-refractivity contribution in [2.45, 2.75) is 44.6 Å².